The average Bonchev–Trinajstić information content (AvgIpc) is 3.67. The van der Waals surface area contributed by atoms with Crippen molar-refractivity contribution in [2.75, 3.05) is 33.4 Å². The summed E-state index contributed by atoms with van der Waals surface area (Å²) in [6, 6.07) is 14.4. The van der Waals surface area contributed by atoms with Gasteiger partial charge in [-0.05, 0) is 86.8 Å². The van der Waals surface area contributed by atoms with E-state index in [-0.39, 0.29) is 35.9 Å². The number of likely N-dealkylation sites (N-methyl/N-ethyl adjacent to an activating group) is 1. The van der Waals surface area contributed by atoms with Crippen LogP contribution in [0.25, 0.3) is 0 Å². The number of amides is 2. The summed E-state index contributed by atoms with van der Waals surface area (Å²) in [7, 11) is 1.89. The van der Waals surface area contributed by atoms with Crippen LogP contribution in [0.15, 0.2) is 64.1 Å². The van der Waals surface area contributed by atoms with E-state index in [2.05, 4.69) is 25.7 Å². The molecular formula is C34H40Cl2FN5O2S. The Kier molecular flexibility index (Phi) is 9.02. The zero-order valence-corrected chi connectivity index (χ0v) is 28.7. The van der Waals surface area contributed by atoms with E-state index < -0.39 is 18.3 Å². The van der Waals surface area contributed by atoms with E-state index in [9.17, 15) is 14.0 Å². The number of hydrogen-bond donors (Lipinski definition) is 0. The molecule has 0 aromatic heterocycles. The fraction of sp³-hybridized carbons (Fsp3) is 0.500. The van der Waals surface area contributed by atoms with E-state index in [1.807, 2.05) is 67.4 Å². The number of benzene rings is 2. The van der Waals surface area contributed by atoms with E-state index in [1.165, 1.54) is 11.8 Å². The third kappa shape index (κ3) is 5.68. The van der Waals surface area contributed by atoms with Crippen molar-refractivity contribution in [3.63, 3.8) is 0 Å². The van der Waals surface area contributed by atoms with Crippen LogP contribution < -0.4 is 0 Å². The number of fused-ring (bicyclic) bond motifs is 1. The molecule has 7 nitrogen and oxygen atoms in total. The second-order valence-electron chi connectivity index (χ2n) is 13.1. The number of rotatable bonds is 6. The minimum Gasteiger partial charge on any atom is -0.338 e. The van der Waals surface area contributed by atoms with Gasteiger partial charge in [0.25, 0.3) is 5.91 Å². The lowest BCUT2D eigenvalue weighted by Gasteiger charge is -2.40. The van der Waals surface area contributed by atoms with Crippen molar-refractivity contribution >= 4 is 51.9 Å². The monoisotopic (exact) mass is 671 g/mol. The van der Waals surface area contributed by atoms with Crippen molar-refractivity contribution in [2.24, 2.45) is 10.9 Å². The minimum absolute atomic E-state index is 0.00141. The SMILES string of the molecule is CC(C)C1=C(C(=O)N2[C@H](C)CC[C@H]2C(=O)N2CCN(C)[C@H](CF)C2)SC2=N[C@@](C)(c3ccc(Cl)cc3)[C@@H](c3ccc(Cl)cc3)N21. The molecule has 6 rings (SSSR count). The van der Waals surface area contributed by atoms with Gasteiger partial charge in [0.1, 0.15) is 23.2 Å². The number of likely N-dealkylation sites (tertiary alicyclic amines) is 1. The normalized spacial score (nSPS) is 28.7. The summed E-state index contributed by atoms with van der Waals surface area (Å²) < 4.78 is 13.7. The fourth-order valence-corrected chi connectivity index (χ4v) is 8.88. The number of carbonyl (C=O) groups is 2. The van der Waals surface area contributed by atoms with Gasteiger partial charge in [0, 0.05) is 41.4 Å². The van der Waals surface area contributed by atoms with Crippen molar-refractivity contribution in [3.05, 3.63) is 80.3 Å². The van der Waals surface area contributed by atoms with Gasteiger partial charge in [0.2, 0.25) is 5.91 Å². The van der Waals surface area contributed by atoms with Crippen LogP contribution in [0.3, 0.4) is 0 Å². The Hall–Kier alpha value is -2.59. The molecule has 4 aliphatic rings. The van der Waals surface area contributed by atoms with E-state index in [1.54, 1.807) is 9.80 Å². The standard InChI is InChI=1S/C34H40Cl2FN5O2S/c1-20(2)28-29(32(44)41-21(3)6-15-27(41)31(43)40-17-16-39(5)26(18-37)19-40)45-33-38-34(4,23-9-13-25(36)14-10-23)30(42(28)33)22-7-11-24(35)12-8-22/h7-14,20-21,26-27,30H,6,15-19H2,1-5H3/t21-,26-,27+,30-,34+/m1/s1. The van der Waals surface area contributed by atoms with Gasteiger partial charge in [-0.15, -0.1) is 0 Å². The Morgan fingerprint density at radius 3 is 2.31 bits per heavy atom. The highest BCUT2D eigenvalue weighted by Gasteiger charge is 2.54. The topological polar surface area (TPSA) is 59.5 Å². The van der Waals surface area contributed by atoms with E-state index in [0.717, 1.165) is 28.4 Å². The van der Waals surface area contributed by atoms with Crippen LogP contribution in [0, 0.1) is 5.92 Å². The number of halogens is 3. The van der Waals surface area contributed by atoms with Crippen LogP contribution in [0.5, 0.6) is 0 Å². The zero-order valence-electron chi connectivity index (χ0n) is 26.3. The molecule has 2 aromatic rings. The second-order valence-corrected chi connectivity index (χ2v) is 14.9. The van der Waals surface area contributed by atoms with Crippen molar-refractivity contribution in [2.45, 2.75) is 70.2 Å². The number of alkyl halides is 1. The van der Waals surface area contributed by atoms with Gasteiger partial charge >= 0.3 is 0 Å². The molecule has 5 atom stereocenters. The Morgan fingerprint density at radius 2 is 1.69 bits per heavy atom. The van der Waals surface area contributed by atoms with Crippen LogP contribution in [0.1, 0.15) is 57.7 Å². The van der Waals surface area contributed by atoms with E-state index in [0.29, 0.717) is 41.0 Å². The number of allylic oxidation sites excluding steroid dienone is 1. The summed E-state index contributed by atoms with van der Waals surface area (Å²) in [5, 5.41) is 2.07. The summed E-state index contributed by atoms with van der Waals surface area (Å²) in [6.45, 7) is 9.31. The second kappa shape index (κ2) is 12.5. The maximum Gasteiger partial charge on any atom is 0.263 e. The molecular weight excluding hydrogens is 632 g/mol. The van der Waals surface area contributed by atoms with Gasteiger partial charge in [0.15, 0.2) is 5.17 Å². The van der Waals surface area contributed by atoms with E-state index >= 15 is 0 Å². The van der Waals surface area contributed by atoms with Crippen molar-refractivity contribution in [1.29, 1.82) is 0 Å². The maximum atomic E-state index is 14.6. The Balaban J connectivity index is 1.37. The first-order valence-corrected chi connectivity index (χ1v) is 17.2. The van der Waals surface area contributed by atoms with Crippen LogP contribution in [-0.2, 0) is 15.1 Å². The van der Waals surface area contributed by atoms with Gasteiger partial charge in [-0.2, -0.15) is 0 Å². The molecule has 0 saturated carbocycles. The molecule has 0 N–H and O–H groups in total. The molecule has 45 heavy (non-hydrogen) atoms. The van der Waals surface area contributed by atoms with Crippen LogP contribution in [0.4, 0.5) is 4.39 Å². The highest BCUT2D eigenvalue weighted by atomic mass is 35.5. The molecule has 2 aromatic carbocycles. The number of amidine groups is 1. The Labute approximate surface area is 279 Å². The first-order chi connectivity index (χ1) is 21.4. The Morgan fingerprint density at radius 1 is 1.04 bits per heavy atom. The third-order valence-corrected chi connectivity index (χ3v) is 11.4. The van der Waals surface area contributed by atoms with Crippen molar-refractivity contribution in [3.8, 4) is 0 Å². The van der Waals surface area contributed by atoms with Crippen molar-refractivity contribution < 1.29 is 14.0 Å². The van der Waals surface area contributed by atoms with Gasteiger partial charge in [0.05, 0.1) is 12.1 Å². The number of nitrogens with zero attached hydrogens (tertiary/aromatic N) is 5. The van der Waals surface area contributed by atoms with Gasteiger partial charge in [-0.3, -0.25) is 14.5 Å². The smallest absolute Gasteiger partial charge is 0.263 e. The molecule has 240 valence electrons. The quantitative estimate of drug-likeness (QED) is 0.341. The molecule has 0 aliphatic carbocycles. The van der Waals surface area contributed by atoms with Crippen LogP contribution in [0.2, 0.25) is 10.0 Å². The molecule has 0 unspecified atom stereocenters. The molecule has 0 radical (unpaired) electrons. The summed E-state index contributed by atoms with van der Waals surface area (Å²) >= 11 is 14.0. The number of piperazine rings is 1. The predicted molar refractivity (Wildman–Crippen MR) is 180 cm³/mol. The lowest BCUT2D eigenvalue weighted by molar-refractivity contribution is -0.145. The summed E-state index contributed by atoms with van der Waals surface area (Å²) in [6.07, 6.45) is 1.34. The Bertz CT molecular complexity index is 1530. The fourth-order valence-electron chi connectivity index (χ4n) is 7.27. The number of carbonyl (C=O) groups excluding carboxylic acids is 2. The average molecular weight is 673 g/mol. The summed E-state index contributed by atoms with van der Waals surface area (Å²) in [5.41, 5.74) is 2.29. The van der Waals surface area contributed by atoms with Crippen molar-refractivity contribution in [1.82, 2.24) is 19.6 Å². The molecule has 2 fully saturated rings. The van der Waals surface area contributed by atoms with Gasteiger partial charge < -0.3 is 14.7 Å². The minimum atomic E-state index is -0.663. The lowest BCUT2D eigenvalue weighted by Crippen LogP contribution is -2.58. The maximum absolute atomic E-state index is 14.6. The molecule has 2 saturated heterocycles. The van der Waals surface area contributed by atoms with Crippen LogP contribution >= 0.6 is 35.0 Å². The summed E-state index contributed by atoms with van der Waals surface area (Å²) in [5.74, 6) is -0.217. The molecule has 0 spiro atoms. The van der Waals surface area contributed by atoms with Gasteiger partial charge in [-0.25, -0.2) is 9.38 Å². The first-order valence-electron chi connectivity index (χ1n) is 15.6. The highest BCUT2D eigenvalue weighted by molar-refractivity contribution is 8.18. The van der Waals surface area contributed by atoms with E-state index in [4.69, 9.17) is 28.2 Å². The van der Waals surface area contributed by atoms with Gasteiger partial charge in [-0.1, -0.05) is 61.3 Å². The summed E-state index contributed by atoms with van der Waals surface area (Å²) in [4.78, 5) is 42.2. The molecule has 4 aliphatic heterocycles. The largest absolute Gasteiger partial charge is 0.338 e. The van der Waals surface area contributed by atoms with Crippen LogP contribution in [-0.4, -0.2) is 88.1 Å². The molecule has 4 heterocycles. The number of thioether (sulfide) groups is 1. The zero-order chi connectivity index (χ0) is 32.2. The molecule has 2 amide bonds. The molecule has 0 bridgehead atoms. The first kappa shape index (κ1) is 32.4. The molecule has 11 heteroatoms. The highest BCUT2D eigenvalue weighted by Crippen LogP contribution is 2.56. The number of aliphatic imine (C=N–C) groups is 1. The lowest BCUT2D eigenvalue weighted by atomic mass is 9.81. The number of hydrogen-bond acceptors (Lipinski definition) is 6. The predicted octanol–water partition coefficient (Wildman–Crippen LogP) is 6.73. The third-order valence-electron chi connectivity index (χ3n) is 9.82.